The highest BCUT2D eigenvalue weighted by molar-refractivity contribution is 6.12. The van der Waals surface area contributed by atoms with Crippen molar-refractivity contribution in [2.75, 3.05) is 6.61 Å². The largest absolute Gasteiger partial charge is 0.490 e. The minimum atomic E-state index is -0.472. The Morgan fingerprint density at radius 1 is 0.939 bits per heavy atom. The van der Waals surface area contributed by atoms with Crippen molar-refractivity contribution >= 4 is 17.9 Å². The summed E-state index contributed by atoms with van der Waals surface area (Å²) in [5, 5.41) is 0. The zero-order valence-electron chi connectivity index (χ0n) is 19.1. The summed E-state index contributed by atoms with van der Waals surface area (Å²) in [6.07, 6.45) is 1.70. The second-order valence-electron chi connectivity index (χ2n) is 8.03. The lowest BCUT2D eigenvalue weighted by molar-refractivity contribution is -0.129. The van der Waals surface area contributed by atoms with Gasteiger partial charge in [0.05, 0.1) is 6.61 Å². The van der Waals surface area contributed by atoms with E-state index in [4.69, 9.17) is 14.2 Å². The normalized spacial score (nSPS) is 14.4. The molecule has 0 N–H and O–H groups in total. The topological polar surface area (TPSA) is 57.1 Å². The van der Waals surface area contributed by atoms with Crippen LogP contribution in [0.4, 0.5) is 0 Å². The molecule has 0 fully saturated rings. The van der Waals surface area contributed by atoms with Crippen LogP contribution in [0.25, 0.3) is 6.08 Å². The molecule has 33 heavy (non-hydrogen) atoms. The predicted octanol–water partition coefficient (Wildman–Crippen LogP) is 6.13. The standard InChI is InChI=1S/C28H27NO4/c1-4-31-26-17-21(10-15-25(26)32-18-20-8-6-5-7-9-20)16-24-28(30)33-27(29-24)23-13-11-22(12-14-23)19(2)3/h5-17,19H,4,18H2,1-3H3/b24-16-. The van der Waals surface area contributed by atoms with Crippen LogP contribution in [0.1, 0.15) is 48.9 Å². The maximum absolute atomic E-state index is 12.4. The van der Waals surface area contributed by atoms with Crippen LogP contribution in [0.3, 0.4) is 0 Å². The molecule has 0 bridgehead atoms. The van der Waals surface area contributed by atoms with Crippen molar-refractivity contribution in [1.82, 2.24) is 0 Å². The second-order valence-corrected chi connectivity index (χ2v) is 8.03. The van der Waals surface area contributed by atoms with Crippen LogP contribution < -0.4 is 9.47 Å². The van der Waals surface area contributed by atoms with E-state index in [1.165, 1.54) is 5.56 Å². The van der Waals surface area contributed by atoms with E-state index in [2.05, 4.69) is 18.8 Å². The smallest absolute Gasteiger partial charge is 0.363 e. The highest BCUT2D eigenvalue weighted by Crippen LogP contribution is 2.31. The van der Waals surface area contributed by atoms with Crippen LogP contribution in [0.5, 0.6) is 11.5 Å². The van der Waals surface area contributed by atoms with E-state index in [0.717, 1.165) is 16.7 Å². The Morgan fingerprint density at radius 3 is 2.39 bits per heavy atom. The van der Waals surface area contributed by atoms with Crippen molar-refractivity contribution in [3.05, 3.63) is 101 Å². The maximum Gasteiger partial charge on any atom is 0.363 e. The van der Waals surface area contributed by atoms with Crippen LogP contribution in [0.2, 0.25) is 0 Å². The van der Waals surface area contributed by atoms with Crippen LogP contribution in [0.15, 0.2) is 83.5 Å². The SMILES string of the molecule is CCOc1cc(/C=C2\N=C(c3ccc(C(C)C)cc3)OC2=O)ccc1OCc1ccccc1. The van der Waals surface area contributed by atoms with Gasteiger partial charge in [-0.1, -0.05) is 62.4 Å². The van der Waals surface area contributed by atoms with Gasteiger partial charge in [-0.3, -0.25) is 0 Å². The number of ether oxygens (including phenoxy) is 3. The molecule has 4 rings (SSSR count). The fraction of sp³-hybridized carbons (Fsp3) is 0.214. The summed E-state index contributed by atoms with van der Waals surface area (Å²) in [6, 6.07) is 23.4. The number of hydrogen-bond donors (Lipinski definition) is 0. The average molecular weight is 442 g/mol. The molecule has 3 aromatic rings. The molecular weight excluding hydrogens is 414 g/mol. The molecule has 0 radical (unpaired) electrons. The molecule has 0 atom stereocenters. The van der Waals surface area contributed by atoms with Crippen molar-refractivity contribution < 1.29 is 19.0 Å². The van der Waals surface area contributed by atoms with E-state index in [1.807, 2.05) is 79.7 Å². The fourth-order valence-electron chi connectivity index (χ4n) is 3.44. The minimum Gasteiger partial charge on any atom is -0.490 e. The molecule has 0 spiro atoms. The third kappa shape index (κ3) is 5.50. The van der Waals surface area contributed by atoms with Gasteiger partial charge in [-0.25, -0.2) is 9.79 Å². The number of benzene rings is 3. The molecule has 0 unspecified atom stereocenters. The van der Waals surface area contributed by atoms with Crippen LogP contribution in [-0.4, -0.2) is 18.5 Å². The number of carbonyl (C=O) groups excluding carboxylic acids is 1. The summed E-state index contributed by atoms with van der Waals surface area (Å²) in [4.78, 5) is 16.8. The first-order valence-electron chi connectivity index (χ1n) is 11.1. The molecular formula is C28H27NO4. The van der Waals surface area contributed by atoms with Gasteiger partial charge in [0.15, 0.2) is 17.2 Å². The van der Waals surface area contributed by atoms with Gasteiger partial charge in [-0.2, -0.15) is 0 Å². The van der Waals surface area contributed by atoms with E-state index in [0.29, 0.717) is 36.5 Å². The first-order valence-corrected chi connectivity index (χ1v) is 11.1. The third-order valence-electron chi connectivity index (χ3n) is 5.25. The van der Waals surface area contributed by atoms with Crippen LogP contribution in [-0.2, 0) is 16.1 Å². The van der Waals surface area contributed by atoms with Crippen molar-refractivity contribution in [3.8, 4) is 11.5 Å². The number of hydrogen-bond acceptors (Lipinski definition) is 5. The molecule has 1 aliphatic rings. The molecule has 1 aliphatic heterocycles. The molecule has 5 nitrogen and oxygen atoms in total. The molecule has 0 saturated carbocycles. The van der Waals surface area contributed by atoms with Gasteiger partial charge in [0.2, 0.25) is 5.90 Å². The third-order valence-corrected chi connectivity index (χ3v) is 5.25. The van der Waals surface area contributed by atoms with Gasteiger partial charge in [0, 0.05) is 5.56 Å². The van der Waals surface area contributed by atoms with E-state index < -0.39 is 5.97 Å². The molecule has 0 aromatic heterocycles. The summed E-state index contributed by atoms with van der Waals surface area (Å²) < 4.78 is 17.1. The lowest BCUT2D eigenvalue weighted by Crippen LogP contribution is -2.05. The van der Waals surface area contributed by atoms with Crippen molar-refractivity contribution in [2.45, 2.75) is 33.3 Å². The Balaban J connectivity index is 1.54. The number of esters is 1. The lowest BCUT2D eigenvalue weighted by atomic mass is 10.0. The molecule has 3 aromatic carbocycles. The number of aliphatic imine (C=N–C) groups is 1. The molecule has 5 heteroatoms. The molecule has 168 valence electrons. The summed E-state index contributed by atoms with van der Waals surface area (Å²) in [6.45, 7) is 7.13. The Labute approximate surface area is 194 Å². The van der Waals surface area contributed by atoms with Gasteiger partial charge >= 0.3 is 5.97 Å². The molecule has 0 aliphatic carbocycles. The van der Waals surface area contributed by atoms with Gasteiger partial charge < -0.3 is 14.2 Å². The monoisotopic (exact) mass is 441 g/mol. The number of cyclic esters (lactones) is 1. The van der Waals surface area contributed by atoms with Gasteiger partial charge in [0.25, 0.3) is 0 Å². The zero-order chi connectivity index (χ0) is 23.2. The van der Waals surface area contributed by atoms with Crippen LogP contribution >= 0.6 is 0 Å². The van der Waals surface area contributed by atoms with E-state index in [-0.39, 0.29) is 5.70 Å². The Bertz CT molecular complexity index is 1180. The maximum atomic E-state index is 12.4. The highest BCUT2D eigenvalue weighted by atomic mass is 16.6. The van der Waals surface area contributed by atoms with E-state index in [1.54, 1.807) is 6.08 Å². The number of rotatable bonds is 8. The van der Waals surface area contributed by atoms with Crippen LogP contribution in [0, 0.1) is 0 Å². The average Bonchev–Trinajstić information content (AvgIpc) is 3.19. The van der Waals surface area contributed by atoms with Gasteiger partial charge in [-0.15, -0.1) is 0 Å². The lowest BCUT2D eigenvalue weighted by Gasteiger charge is -2.12. The fourth-order valence-corrected chi connectivity index (χ4v) is 3.44. The Kier molecular flexibility index (Phi) is 6.89. The summed E-state index contributed by atoms with van der Waals surface area (Å²) in [7, 11) is 0. The number of nitrogens with zero attached hydrogens (tertiary/aromatic N) is 1. The van der Waals surface area contributed by atoms with E-state index in [9.17, 15) is 4.79 Å². The minimum absolute atomic E-state index is 0.248. The zero-order valence-corrected chi connectivity index (χ0v) is 19.1. The van der Waals surface area contributed by atoms with Gasteiger partial charge in [-0.05, 0) is 59.9 Å². The quantitative estimate of drug-likeness (QED) is 0.312. The number of carbonyl (C=O) groups is 1. The second kappa shape index (κ2) is 10.2. The first-order chi connectivity index (χ1) is 16.0. The predicted molar refractivity (Wildman–Crippen MR) is 130 cm³/mol. The highest BCUT2D eigenvalue weighted by Gasteiger charge is 2.24. The summed E-state index contributed by atoms with van der Waals surface area (Å²) in [5.41, 5.74) is 4.09. The van der Waals surface area contributed by atoms with E-state index >= 15 is 0 Å². The molecule has 1 heterocycles. The van der Waals surface area contributed by atoms with Gasteiger partial charge in [0.1, 0.15) is 6.61 Å². The molecule has 0 saturated heterocycles. The van der Waals surface area contributed by atoms with Crippen molar-refractivity contribution in [2.24, 2.45) is 4.99 Å². The Morgan fingerprint density at radius 2 is 1.70 bits per heavy atom. The Hall–Kier alpha value is -3.86. The summed E-state index contributed by atoms with van der Waals surface area (Å²) >= 11 is 0. The summed E-state index contributed by atoms with van der Waals surface area (Å²) in [5.74, 6) is 1.53. The first kappa shape index (κ1) is 22.3. The molecule has 0 amide bonds. The van der Waals surface area contributed by atoms with Crippen molar-refractivity contribution in [1.29, 1.82) is 0 Å². The van der Waals surface area contributed by atoms with Crippen molar-refractivity contribution in [3.63, 3.8) is 0 Å².